The second kappa shape index (κ2) is 6.26. The smallest absolute Gasteiger partial charge is 0.254 e. The number of hydrogen-bond acceptors (Lipinski definition) is 4. The second-order valence-corrected chi connectivity index (χ2v) is 8.01. The number of fused-ring (bicyclic) bond motifs is 1. The molecular weight excluding hydrogens is 334 g/mol. The number of amides is 2. The Bertz CT molecular complexity index is 854. The molecule has 1 aromatic heterocycles. The lowest BCUT2D eigenvalue weighted by molar-refractivity contribution is -0.117. The SMILES string of the molecule is Cc1ccc(C(=O)N2CCc3nc(NC(=O)C4CC4)sc3C2)cc1C. The van der Waals surface area contributed by atoms with Crippen molar-refractivity contribution in [1.29, 1.82) is 0 Å². The summed E-state index contributed by atoms with van der Waals surface area (Å²) < 4.78 is 0. The predicted octanol–water partition coefficient (Wildman–Crippen LogP) is 3.31. The molecule has 0 radical (unpaired) electrons. The topological polar surface area (TPSA) is 62.3 Å². The summed E-state index contributed by atoms with van der Waals surface area (Å²) in [6, 6.07) is 5.85. The summed E-state index contributed by atoms with van der Waals surface area (Å²) in [6.45, 7) is 5.31. The zero-order chi connectivity index (χ0) is 17.6. The van der Waals surface area contributed by atoms with Gasteiger partial charge in [0.2, 0.25) is 5.91 Å². The lowest BCUT2D eigenvalue weighted by Gasteiger charge is -2.26. The minimum Gasteiger partial charge on any atom is -0.333 e. The molecule has 4 rings (SSSR count). The van der Waals surface area contributed by atoms with Gasteiger partial charge in [0, 0.05) is 29.3 Å². The first-order valence-corrected chi connectivity index (χ1v) is 9.49. The summed E-state index contributed by atoms with van der Waals surface area (Å²) in [6.07, 6.45) is 2.70. The first-order valence-electron chi connectivity index (χ1n) is 8.67. The number of anilines is 1. The van der Waals surface area contributed by atoms with Crippen LogP contribution in [0.15, 0.2) is 18.2 Å². The molecule has 1 N–H and O–H groups in total. The largest absolute Gasteiger partial charge is 0.333 e. The van der Waals surface area contributed by atoms with Crippen LogP contribution in [0.5, 0.6) is 0 Å². The molecule has 2 amide bonds. The Morgan fingerprint density at radius 1 is 1.24 bits per heavy atom. The average Bonchev–Trinajstić information content (AvgIpc) is 3.37. The summed E-state index contributed by atoms with van der Waals surface area (Å²) in [5.74, 6) is 0.309. The molecule has 2 heterocycles. The van der Waals surface area contributed by atoms with Crippen LogP contribution in [0, 0.1) is 19.8 Å². The summed E-state index contributed by atoms with van der Waals surface area (Å²) in [4.78, 5) is 32.2. The van der Waals surface area contributed by atoms with Gasteiger partial charge in [0.25, 0.3) is 5.91 Å². The van der Waals surface area contributed by atoms with Crippen LogP contribution in [0.4, 0.5) is 5.13 Å². The predicted molar refractivity (Wildman–Crippen MR) is 97.8 cm³/mol. The Hall–Kier alpha value is -2.21. The molecule has 0 spiro atoms. The fraction of sp³-hybridized carbons (Fsp3) is 0.421. The minimum atomic E-state index is 0.0608. The molecule has 1 aliphatic carbocycles. The van der Waals surface area contributed by atoms with Gasteiger partial charge in [-0.25, -0.2) is 4.98 Å². The molecule has 5 nitrogen and oxygen atoms in total. The second-order valence-electron chi connectivity index (χ2n) is 6.93. The summed E-state index contributed by atoms with van der Waals surface area (Å²) in [7, 11) is 0. The number of hydrogen-bond donors (Lipinski definition) is 1. The van der Waals surface area contributed by atoms with Crippen LogP contribution in [-0.4, -0.2) is 28.2 Å². The number of carbonyl (C=O) groups is 2. The van der Waals surface area contributed by atoms with Crippen molar-refractivity contribution in [3.8, 4) is 0 Å². The number of carbonyl (C=O) groups excluding carboxylic acids is 2. The van der Waals surface area contributed by atoms with Crippen molar-refractivity contribution in [2.75, 3.05) is 11.9 Å². The number of benzene rings is 1. The number of aromatic nitrogens is 1. The van der Waals surface area contributed by atoms with E-state index >= 15 is 0 Å². The fourth-order valence-corrected chi connectivity index (χ4v) is 4.06. The molecule has 0 saturated heterocycles. The Kier molecular flexibility index (Phi) is 4.07. The Morgan fingerprint density at radius 3 is 2.76 bits per heavy atom. The van der Waals surface area contributed by atoms with Gasteiger partial charge >= 0.3 is 0 Å². The third kappa shape index (κ3) is 3.31. The molecule has 0 unspecified atom stereocenters. The van der Waals surface area contributed by atoms with Gasteiger partial charge in [0.05, 0.1) is 12.2 Å². The van der Waals surface area contributed by atoms with E-state index in [2.05, 4.69) is 10.3 Å². The molecule has 1 aliphatic heterocycles. The highest BCUT2D eigenvalue weighted by atomic mass is 32.1. The number of nitrogens with one attached hydrogen (secondary N) is 1. The lowest BCUT2D eigenvalue weighted by Crippen LogP contribution is -2.35. The van der Waals surface area contributed by atoms with Gasteiger partial charge in [-0.15, -0.1) is 0 Å². The number of rotatable bonds is 3. The highest BCUT2D eigenvalue weighted by Gasteiger charge is 2.31. The van der Waals surface area contributed by atoms with Crippen LogP contribution in [0.1, 0.15) is 44.9 Å². The maximum Gasteiger partial charge on any atom is 0.254 e. The Labute approximate surface area is 151 Å². The van der Waals surface area contributed by atoms with Crippen molar-refractivity contribution in [2.45, 2.75) is 39.7 Å². The van der Waals surface area contributed by atoms with Gasteiger partial charge < -0.3 is 10.2 Å². The van der Waals surface area contributed by atoms with Crippen molar-refractivity contribution >= 4 is 28.3 Å². The van der Waals surface area contributed by atoms with E-state index in [0.717, 1.165) is 41.0 Å². The van der Waals surface area contributed by atoms with E-state index in [-0.39, 0.29) is 17.7 Å². The van der Waals surface area contributed by atoms with Crippen LogP contribution >= 0.6 is 11.3 Å². The van der Waals surface area contributed by atoms with Gasteiger partial charge in [-0.1, -0.05) is 17.4 Å². The number of thiazole rings is 1. The normalized spacial score (nSPS) is 16.5. The van der Waals surface area contributed by atoms with Crippen molar-refractivity contribution in [3.63, 3.8) is 0 Å². The highest BCUT2D eigenvalue weighted by Crippen LogP contribution is 2.33. The van der Waals surface area contributed by atoms with E-state index in [1.54, 1.807) is 0 Å². The van der Waals surface area contributed by atoms with Crippen LogP contribution in [0.25, 0.3) is 0 Å². The Morgan fingerprint density at radius 2 is 2.04 bits per heavy atom. The van der Waals surface area contributed by atoms with Gasteiger partial charge in [-0.05, 0) is 49.9 Å². The van der Waals surface area contributed by atoms with E-state index in [1.165, 1.54) is 16.9 Å². The summed E-state index contributed by atoms with van der Waals surface area (Å²) in [5, 5.41) is 3.58. The number of aryl methyl sites for hydroxylation is 2. The molecule has 0 atom stereocenters. The van der Waals surface area contributed by atoms with E-state index in [4.69, 9.17) is 0 Å². The molecule has 1 fully saturated rings. The zero-order valence-corrected chi connectivity index (χ0v) is 15.3. The molecule has 2 aromatic rings. The van der Waals surface area contributed by atoms with E-state index < -0.39 is 0 Å². The Balaban J connectivity index is 1.48. The molecular formula is C19H21N3O2S. The third-order valence-electron chi connectivity index (χ3n) is 4.95. The standard InChI is InChI=1S/C19H21N3O2S/c1-11-3-4-14(9-12(11)2)18(24)22-8-7-15-16(10-22)25-19(20-15)21-17(23)13-5-6-13/h3-4,9,13H,5-8,10H2,1-2H3,(H,20,21,23). The zero-order valence-electron chi connectivity index (χ0n) is 14.5. The molecule has 0 bridgehead atoms. The molecule has 1 aromatic carbocycles. The van der Waals surface area contributed by atoms with Crippen LogP contribution in [0.2, 0.25) is 0 Å². The van der Waals surface area contributed by atoms with Gasteiger partial charge in [-0.2, -0.15) is 0 Å². The highest BCUT2D eigenvalue weighted by molar-refractivity contribution is 7.15. The van der Waals surface area contributed by atoms with Gasteiger partial charge in [-0.3, -0.25) is 9.59 Å². The third-order valence-corrected chi connectivity index (χ3v) is 5.95. The lowest BCUT2D eigenvalue weighted by atomic mass is 10.0. The van der Waals surface area contributed by atoms with E-state index in [1.807, 2.05) is 36.9 Å². The van der Waals surface area contributed by atoms with Crippen LogP contribution < -0.4 is 5.32 Å². The van der Waals surface area contributed by atoms with Crippen molar-refractivity contribution in [1.82, 2.24) is 9.88 Å². The maximum absolute atomic E-state index is 12.8. The fourth-order valence-electron chi connectivity index (χ4n) is 3.03. The molecule has 1 saturated carbocycles. The quantitative estimate of drug-likeness (QED) is 0.919. The molecule has 6 heteroatoms. The maximum atomic E-state index is 12.8. The molecule has 130 valence electrons. The average molecular weight is 355 g/mol. The number of nitrogens with zero attached hydrogens (tertiary/aromatic N) is 2. The summed E-state index contributed by atoms with van der Waals surface area (Å²) in [5.41, 5.74) is 4.07. The summed E-state index contributed by atoms with van der Waals surface area (Å²) >= 11 is 1.49. The van der Waals surface area contributed by atoms with Crippen molar-refractivity contribution in [3.05, 3.63) is 45.5 Å². The van der Waals surface area contributed by atoms with Gasteiger partial charge in [0.15, 0.2) is 5.13 Å². The first-order chi connectivity index (χ1) is 12.0. The first kappa shape index (κ1) is 16.3. The van der Waals surface area contributed by atoms with E-state index in [9.17, 15) is 9.59 Å². The van der Waals surface area contributed by atoms with Crippen LogP contribution in [-0.2, 0) is 17.8 Å². The van der Waals surface area contributed by atoms with Crippen molar-refractivity contribution < 1.29 is 9.59 Å². The molecule has 2 aliphatic rings. The molecule has 25 heavy (non-hydrogen) atoms. The van der Waals surface area contributed by atoms with Gasteiger partial charge in [0.1, 0.15) is 0 Å². The monoisotopic (exact) mass is 355 g/mol. The van der Waals surface area contributed by atoms with Crippen LogP contribution in [0.3, 0.4) is 0 Å². The minimum absolute atomic E-state index is 0.0608. The van der Waals surface area contributed by atoms with E-state index in [0.29, 0.717) is 18.2 Å². The van der Waals surface area contributed by atoms with Crippen molar-refractivity contribution in [2.24, 2.45) is 5.92 Å².